The van der Waals surface area contributed by atoms with Gasteiger partial charge in [-0.15, -0.1) is 0 Å². The Hall–Kier alpha value is -1.55. The molecule has 1 fully saturated rings. The molecule has 0 spiro atoms. The number of rotatable bonds is 4. The van der Waals surface area contributed by atoms with E-state index in [9.17, 15) is 4.79 Å². The molecule has 1 aliphatic heterocycles. The average molecular weight is 290 g/mol. The lowest BCUT2D eigenvalue weighted by molar-refractivity contribution is -0.134. The molecule has 0 radical (unpaired) electrons. The largest absolute Gasteiger partial charge is 0.484 e. The van der Waals surface area contributed by atoms with Crippen molar-refractivity contribution in [2.24, 2.45) is 5.73 Å². The van der Waals surface area contributed by atoms with Crippen LogP contribution in [0.5, 0.6) is 5.75 Å². The van der Waals surface area contributed by atoms with Gasteiger partial charge in [-0.2, -0.15) is 0 Å². The van der Waals surface area contributed by atoms with E-state index in [1.54, 1.807) is 0 Å². The molecule has 1 aromatic carbocycles. The number of nitrogens with zero attached hydrogens (tertiary/aromatic N) is 1. The van der Waals surface area contributed by atoms with Crippen LogP contribution in [0.3, 0.4) is 0 Å². The molecule has 0 aliphatic carbocycles. The summed E-state index contributed by atoms with van der Waals surface area (Å²) in [4.78, 5) is 14.0. The van der Waals surface area contributed by atoms with Crippen molar-refractivity contribution in [1.82, 2.24) is 4.90 Å². The van der Waals surface area contributed by atoms with Crippen LogP contribution >= 0.6 is 0 Å². The van der Waals surface area contributed by atoms with Crippen LogP contribution in [0.1, 0.15) is 39.2 Å². The number of hydrogen-bond acceptors (Lipinski definition) is 3. The first-order valence-electron chi connectivity index (χ1n) is 7.64. The number of amides is 1. The number of nitrogens with two attached hydrogens (primary N) is 1. The summed E-state index contributed by atoms with van der Waals surface area (Å²) < 4.78 is 5.61. The second-order valence-corrected chi connectivity index (χ2v) is 6.68. The summed E-state index contributed by atoms with van der Waals surface area (Å²) in [6.45, 7) is 7.94. The van der Waals surface area contributed by atoms with Crippen molar-refractivity contribution in [1.29, 1.82) is 0 Å². The standard InChI is InChI=1S/C17H26N2O2/c1-17(2,3)13-6-8-15(9-7-13)21-12-16(20)19-10-4-5-14(19)11-18/h6-9,14H,4-5,10-12,18H2,1-3H3. The predicted molar refractivity (Wildman–Crippen MR) is 84.4 cm³/mol. The second-order valence-electron chi connectivity index (χ2n) is 6.68. The van der Waals surface area contributed by atoms with Gasteiger partial charge in [-0.1, -0.05) is 32.9 Å². The van der Waals surface area contributed by atoms with E-state index in [-0.39, 0.29) is 24.0 Å². The Balaban J connectivity index is 1.89. The molecule has 0 aromatic heterocycles. The van der Waals surface area contributed by atoms with Crippen LogP contribution in [0.15, 0.2) is 24.3 Å². The van der Waals surface area contributed by atoms with Crippen LogP contribution in [0.25, 0.3) is 0 Å². The molecule has 1 unspecified atom stereocenters. The topological polar surface area (TPSA) is 55.6 Å². The van der Waals surface area contributed by atoms with Gasteiger partial charge in [-0.3, -0.25) is 4.79 Å². The molecule has 0 bridgehead atoms. The Morgan fingerprint density at radius 1 is 1.33 bits per heavy atom. The maximum absolute atomic E-state index is 12.2. The lowest BCUT2D eigenvalue weighted by atomic mass is 9.87. The smallest absolute Gasteiger partial charge is 0.260 e. The summed E-state index contributed by atoms with van der Waals surface area (Å²) in [7, 11) is 0. The monoisotopic (exact) mass is 290 g/mol. The summed E-state index contributed by atoms with van der Waals surface area (Å²) in [6, 6.07) is 8.15. The number of hydrogen-bond donors (Lipinski definition) is 1. The van der Waals surface area contributed by atoms with Gasteiger partial charge in [-0.25, -0.2) is 0 Å². The van der Waals surface area contributed by atoms with Gasteiger partial charge in [0.05, 0.1) is 0 Å². The Kier molecular flexibility index (Phi) is 4.88. The molecule has 116 valence electrons. The van der Waals surface area contributed by atoms with Gasteiger partial charge < -0.3 is 15.4 Å². The number of benzene rings is 1. The van der Waals surface area contributed by atoms with E-state index in [1.807, 2.05) is 17.0 Å². The zero-order valence-electron chi connectivity index (χ0n) is 13.3. The third-order valence-electron chi connectivity index (χ3n) is 4.05. The Labute approximate surface area is 127 Å². The molecule has 1 atom stereocenters. The third kappa shape index (κ3) is 3.97. The van der Waals surface area contributed by atoms with E-state index in [0.717, 1.165) is 25.1 Å². The fraction of sp³-hybridized carbons (Fsp3) is 0.588. The van der Waals surface area contributed by atoms with Crippen LogP contribution in [0, 0.1) is 0 Å². The van der Waals surface area contributed by atoms with Crippen molar-refractivity contribution in [3.63, 3.8) is 0 Å². The van der Waals surface area contributed by atoms with Crippen molar-refractivity contribution in [2.75, 3.05) is 19.7 Å². The minimum atomic E-state index is 0.0304. The quantitative estimate of drug-likeness (QED) is 0.926. The van der Waals surface area contributed by atoms with Crippen molar-refractivity contribution in [2.45, 2.75) is 45.1 Å². The highest BCUT2D eigenvalue weighted by molar-refractivity contribution is 5.78. The lowest BCUT2D eigenvalue weighted by Crippen LogP contribution is -2.42. The van der Waals surface area contributed by atoms with Gasteiger partial charge in [-0.05, 0) is 36.0 Å². The molecule has 1 amide bonds. The zero-order valence-corrected chi connectivity index (χ0v) is 13.3. The fourth-order valence-corrected chi connectivity index (χ4v) is 2.69. The maximum atomic E-state index is 12.2. The van der Waals surface area contributed by atoms with Crippen LogP contribution in [-0.2, 0) is 10.2 Å². The van der Waals surface area contributed by atoms with E-state index in [2.05, 4.69) is 32.9 Å². The number of likely N-dealkylation sites (tertiary alicyclic amines) is 1. The van der Waals surface area contributed by atoms with Crippen LogP contribution in [0.2, 0.25) is 0 Å². The van der Waals surface area contributed by atoms with Crippen molar-refractivity contribution in [3.8, 4) is 5.75 Å². The molecular weight excluding hydrogens is 264 g/mol. The average Bonchev–Trinajstić information content (AvgIpc) is 2.92. The fourth-order valence-electron chi connectivity index (χ4n) is 2.69. The first-order chi connectivity index (χ1) is 9.91. The van der Waals surface area contributed by atoms with E-state index in [0.29, 0.717) is 6.54 Å². The third-order valence-corrected chi connectivity index (χ3v) is 4.05. The molecule has 2 rings (SSSR count). The van der Waals surface area contributed by atoms with Crippen molar-refractivity contribution >= 4 is 5.91 Å². The van der Waals surface area contributed by atoms with E-state index in [4.69, 9.17) is 10.5 Å². The first kappa shape index (κ1) is 15.8. The molecule has 1 aromatic rings. The van der Waals surface area contributed by atoms with Gasteiger partial charge in [0.15, 0.2) is 6.61 Å². The highest BCUT2D eigenvalue weighted by Gasteiger charge is 2.27. The molecule has 1 saturated heterocycles. The molecule has 2 N–H and O–H groups in total. The van der Waals surface area contributed by atoms with Gasteiger partial charge in [0.1, 0.15) is 5.75 Å². The predicted octanol–water partition coefficient (Wildman–Crippen LogP) is 2.31. The highest BCUT2D eigenvalue weighted by atomic mass is 16.5. The summed E-state index contributed by atoms with van der Waals surface area (Å²) >= 11 is 0. The molecule has 1 heterocycles. The number of carbonyl (C=O) groups is 1. The normalized spacial score (nSPS) is 18.9. The van der Waals surface area contributed by atoms with Gasteiger partial charge >= 0.3 is 0 Å². The lowest BCUT2D eigenvalue weighted by Gasteiger charge is -2.23. The van der Waals surface area contributed by atoms with Crippen LogP contribution in [-0.4, -0.2) is 36.5 Å². The summed E-state index contributed by atoms with van der Waals surface area (Å²) in [5.41, 5.74) is 7.07. The minimum Gasteiger partial charge on any atom is -0.484 e. The first-order valence-corrected chi connectivity index (χ1v) is 7.64. The van der Waals surface area contributed by atoms with Crippen LogP contribution < -0.4 is 10.5 Å². The summed E-state index contributed by atoms with van der Waals surface area (Å²) in [6.07, 6.45) is 2.04. The van der Waals surface area contributed by atoms with Crippen molar-refractivity contribution in [3.05, 3.63) is 29.8 Å². The highest BCUT2D eigenvalue weighted by Crippen LogP contribution is 2.24. The molecular formula is C17H26N2O2. The SMILES string of the molecule is CC(C)(C)c1ccc(OCC(=O)N2CCCC2CN)cc1. The van der Waals surface area contributed by atoms with Gasteiger partial charge in [0.2, 0.25) is 0 Å². The zero-order chi connectivity index (χ0) is 15.5. The second kappa shape index (κ2) is 6.48. The number of ether oxygens (including phenoxy) is 1. The molecule has 4 nitrogen and oxygen atoms in total. The van der Waals surface area contributed by atoms with Gasteiger partial charge in [0, 0.05) is 19.1 Å². The Bertz CT molecular complexity index is 477. The minimum absolute atomic E-state index is 0.0304. The summed E-state index contributed by atoms with van der Waals surface area (Å²) in [5.74, 6) is 0.766. The Morgan fingerprint density at radius 3 is 2.57 bits per heavy atom. The van der Waals surface area contributed by atoms with Crippen molar-refractivity contribution < 1.29 is 9.53 Å². The van der Waals surface area contributed by atoms with Gasteiger partial charge in [0.25, 0.3) is 5.91 Å². The van der Waals surface area contributed by atoms with E-state index >= 15 is 0 Å². The molecule has 1 aliphatic rings. The van der Waals surface area contributed by atoms with E-state index < -0.39 is 0 Å². The molecule has 21 heavy (non-hydrogen) atoms. The number of carbonyl (C=O) groups excluding carboxylic acids is 1. The maximum Gasteiger partial charge on any atom is 0.260 e. The Morgan fingerprint density at radius 2 is 2.00 bits per heavy atom. The van der Waals surface area contributed by atoms with Crippen LogP contribution in [0.4, 0.5) is 0 Å². The molecule has 0 saturated carbocycles. The molecule has 4 heteroatoms. The summed E-state index contributed by atoms with van der Waals surface area (Å²) in [5, 5.41) is 0. The van der Waals surface area contributed by atoms with E-state index in [1.165, 1.54) is 5.56 Å².